The fourth-order valence-electron chi connectivity index (χ4n) is 1.59. The van der Waals surface area contributed by atoms with Crippen LogP contribution in [-0.2, 0) is 0 Å². The monoisotopic (exact) mass is 301 g/mol. The molecule has 0 spiro atoms. The molecule has 0 bridgehead atoms. The van der Waals surface area contributed by atoms with Gasteiger partial charge in [-0.15, -0.1) is 0 Å². The van der Waals surface area contributed by atoms with Crippen molar-refractivity contribution in [1.82, 2.24) is 0 Å². The van der Waals surface area contributed by atoms with Crippen molar-refractivity contribution in [3.05, 3.63) is 63.1 Å². The zero-order valence-corrected chi connectivity index (χ0v) is 10.9. The van der Waals surface area contributed by atoms with Gasteiger partial charge in [0.2, 0.25) is 0 Å². The number of halogens is 4. The van der Waals surface area contributed by atoms with Crippen molar-refractivity contribution in [2.24, 2.45) is 0 Å². The Bertz CT molecular complexity index is 674. The molecule has 2 N–H and O–H groups in total. The van der Waals surface area contributed by atoms with E-state index in [0.29, 0.717) is 0 Å². The van der Waals surface area contributed by atoms with Crippen LogP contribution in [0.5, 0.6) is 0 Å². The summed E-state index contributed by atoms with van der Waals surface area (Å²) >= 11 is 11.6. The SMILES string of the molecule is Nc1cc(F)cc(C(=O)c2cc(Cl)ccc2Cl)c1F. The summed E-state index contributed by atoms with van der Waals surface area (Å²) in [7, 11) is 0. The zero-order valence-electron chi connectivity index (χ0n) is 9.38. The van der Waals surface area contributed by atoms with Crippen molar-refractivity contribution in [2.45, 2.75) is 0 Å². The lowest BCUT2D eigenvalue weighted by Crippen LogP contribution is -2.08. The number of carbonyl (C=O) groups excluding carboxylic acids is 1. The van der Waals surface area contributed by atoms with Crippen molar-refractivity contribution >= 4 is 34.7 Å². The van der Waals surface area contributed by atoms with Crippen molar-refractivity contribution < 1.29 is 13.6 Å². The van der Waals surface area contributed by atoms with Crippen molar-refractivity contribution in [3.8, 4) is 0 Å². The second-order valence-electron chi connectivity index (χ2n) is 3.81. The van der Waals surface area contributed by atoms with Gasteiger partial charge in [-0.2, -0.15) is 0 Å². The quantitative estimate of drug-likeness (QED) is 0.671. The Morgan fingerprint density at radius 2 is 1.74 bits per heavy atom. The molecule has 19 heavy (non-hydrogen) atoms. The number of hydrogen-bond acceptors (Lipinski definition) is 2. The molecule has 0 saturated heterocycles. The predicted octanol–water partition coefficient (Wildman–Crippen LogP) is 4.08. The Hall–Kier alpha value is -1.65. The van der Waals surface area contributed by atoms with E-state index in [2.05, 4.69) is 0 Å². The fourth-order valence-corrected chi connectivity index (χ4v) is 1.97. The van der Waals surface area contributed by atoms with E-state index in [-0.39, 0.29) is 15.6 Å². The first-order chi connectivity index (χ1) is 8.90. The summed E-state index contributed by atoms with van der Waals surface area (Å²) in [6, 6.07) is 5.73. The number of hydrogen-bond donors (Lipinski definition) is 1. The number of carbonyl (C=O) groups is 1. The van der Waals surface area contributed by atoms with Gasteiger partial charge in [0.1, 0.15) is 5.82 Å². The van der Waals surface area contributed by atoms with Gasteiger partial charge >= 0.3 is 0 Å². The van der Waals surface area contributed by atoms with E-state index in [9.17, 15) is 13.6 Å². The van der Waals surface area contributed by atoms with Gasteiger partial charge in [0.05, 0.1) is 16.3 Å². The molecule has 0 aliphatic heterocycles. The van der Waals surface area contributed by atoms with Crippen LogP contribution in [0.4, 0.5) is 14.5 Å². The maximum atomic E-state index is 13.8. The van der Waals surface area contributed by atoms with E-state index in [1.54, 1.807) is 0 Å². The Balaban J connectivity index is 2.59. The van der Waals surface area contributed by atoms with Crippen LogP contribution in [0, 0.1) is 11.6 Å². The molecule has 0 aliphatic rings. The van der Waals surface area contributed by atoms with E-state index in [1.165, 1.54) is 18.2 Å². The number of benzene rings is 2. The van der Waals surface area contributed by atoms with Gasteiger partial charge in [0, 0.05) is 10.6 Å². The Morgan fingerprint density at radius 3 is 2.42 bits per heavy atom. The standard InChI is InChI=1S/C13H7Cl2F2NO/c14-6-1-2-10(15)8(3-6)13(19)9-4-7(16)5-11(18)12(9)17/h1-5H,18H2. The van der Waals surface area contributed by atoms with E-state index < -0.39 is 28.7 Å². The van der Waals surface area contributed by atoms with E-state index in [1.807, 2.05) is 0 Å². The normalized spacial score (nSPS) is 10.5. The Morgan fingerprint density at radius 1 is 1.05 bits per heavy atom. The van der Waals surface area contributed by atoms with Gasteiger partial charge in [-0.05, 0) is 30.3 Å². The van der Waals surface area contributed by atoms with E-state index in [4.69, 9.17) is 28.9 Å². The van der Waals surface area contributed by atoms with Crippen LogP contribution >= 0.6 is 23.2 Å². The van der Waals surface area contributed by atoms with Gasteiger partial charge < -0.3 is 5.73 Å². The molecule has 2 rings (SSSR count). The molecule has 0 atom stereocenters. The van der Waals surface area contributed by atoms with Gasteiger partial charge in [-0.25, -0.2) is 8.78 Å². The second-order valence-corrected chi connectivity index (χ2v) is 4.65. The molecule has 0 fully saturated rings. The van der Waals surface area contributed by atoms with Gasteiger partial charge in [-0.3, -0.25) is 4.79 Å². The molecule has 0 radical (unpaired) electrons. The summed E-state index contributed by atoms with van der Waals surface area (Å²) in [5.74, 6) is -2.57. The van der Waals surface area contributed by atoms with Crippen LogP contribution in [0.1, 0.15) is 15.9 Å². The Kier molecular flexibility index (Phi) is 3.73. The molecule has 0 amide bonds. The van der Waals surface area contributed by atoms with Crippen LogP contribution in [-0.4, -0.2) is 5.78 Å². The average Bonchev–Trinajstić information content (AvgIpc) is 2.36. The van der Waals surface area contributed by atoms with Gasteiger partial charge in [0.15, 0.2) is 11.6 Å². The molecule has 0 aromatic heterocycles. The van der Waals surface area contributed by atoms with Crippen LogP contribution < -0.4 is 5.73 Å². The summed E-state index contributed by atoms with van der Waals surface area (Å²) in [6.45, 7) is 0. The van der Waals surface area contributed by atoms with Crippen molar-refractivity contribution in [2.75, 3.05) is 5.73 Å². The minimum absolute atomic E-state index is 0.0157. The lowest BCUT2D eigenvalue weighted by molar-refractivity contribution is 0.103. The largest absolute Gasteiger partial charge is 0.396 e. The molecule has 0 unspecified atom stereocenters. The first kappa shape index (κ1) is 13.8. The minimum atomic E-state index is -0.984. The third-order valence-electron chi connectivity index (χ3n) is 2.48. The van der Waals surface area contributed by atoms with Crippen LogP contribution in [0.15, 0.2) is 30.3 Å². The Labute approximate surface area is 117 Å². The smallest absolute Gasteiger partial charge is 0.197 e. The highest BCUT2D eigenvalue weighted by Crippen LogP contribution is 2.26. The highest BCUT2D eigenvalue weighted by Gasteiger charge is 2.20. The highest BCUT2D eigenvalue weighted by molar-refractivity contribution is 6.36. The lowest BCUT2D eigenvalue weighted by Gasteiger charge is -2.07. The molecule has 98 valence electrons. The number of nitrogen functional groups attached to an aromatic ring is 1. The zero-order chi connectivity index (χ0) is 14.2. The summed E-state index contributed by atoms with van der Waals surface area (Å²) in [5, 5.41) is 0.356. The first-order valence-electron chi connectivity index (χ1n) is 5.14. The van der Waals surface area contributed by atoms with Crippen molar-refractivity contribution in [3.63, 3.8) is 0 Å². The number of anilines is 1. The molecule has 0 saturated carbocycles. The molecule has 2 aromatic rings. The molecular formula is C13H7Cl2F2NO. The topological polar surface area (TPSA) is 43.1 Å². The number of ketones is 1. The average molecular weight is 302 g/mol. The number of nitrogens with two attached hydrogens (primary N) is 1. The van der Waals surface area contributed by atoms with E-state index in [0.717, 1.165) is 12.1 Å². The molecule has 0 aliphatic carbocycles. The van der Waals surface area contributed by atoms with Crippen LogP contribution in [0.3, 0.4) is 0 Å². The molecule has 6 heteroatoms. The third-order valence-corrected chi connectivity index (χ3v) is 3.05. The first-order valence-corrected chi connectivity index (χ1v) is 5.90. The maximum Gasteiger partial charge on any atom is 0.197 e. The van der Waals surface area contributed by atoms with Crippen molar-refractivity contribution in [1.29, 1.82) is 0 Å². The molecule has 2 aromatic carbocycles. The van der Waals surface area contributed by atoms with Crippen LogP contribution in [0.2, 0.25) is 10.0 Å². The predicted molar refractivity (Wildman–Crippen MR) is 70.7 cm³/mol. The lowest BCUT2D eigenvalue weighted by atomic mass is 10.0. The van der Waals surface area contributed by atoms with Gasteiger partial charge in [-0.1, -0.05) is 23.2 Å². The maximum absolute atomic E-state index is 13.8. The van der Waals surface area contributed by atoms with Crippen LogP contribution in [0.25, 0.3) is 0 Å². The molecule has 0 heterocycles. The fraction of sp³-hybridized carbons (Fsp3) is 0. The summed E-state index contributed by atoms with van der Waals surface area (Å²) < 4.78 is 27.0. The molecule has 2 nitrogen and oxygen atoms in total. The number of rotatable bonds is 2. The second kappa shape index (κ2) is 5.15. The third kappa shape index (κ3) is 2.69. The minimum Gasteiger partial charge on any atom is -0.396 e. The highest BCUT2D eigenvalue weighted by atomic mass is 35.5. The summed E-state index contributed by atoms with van der Waals surface area (Å²) in [4.78, 5) is 12.1. The van der Waals surface area contributed by atoms with Gasteiger partial charge in [0.25, 0.3) is 0 Å². The summed E-state index contributed by atoms with van der Waals surface area (Å²) in [5.41, 5.74) is 4.34. The summed E-state index contributed by atoms with van der Waals surface area (Å²) in [6.07, 6.45) is 0. The van der Waals surface area contributed by atoms with E-state index >= 15 is 0 Å². The molecular weight excluding hydrogens is 295 g/mol.